The van der Waals surface area contributed by atoms with Gasteiger partial charge in [-0.25, -0.2) is 0 Å². The van der Waals surface area contributed by atoms with E-state index >= 15 is 0 Å². The summed E-state index contributed by atoms with van der Waals surface area (Å²) >= 11 is 0. The lowest BCUT2D eigenvalue weighted by molar-refractivity contribution is -0.295. The van der Waals surface area contributed by atoms with E-state index in [1.54, 1.807) is 0 Å². The Hall–Kier alpha value is -0.0900. The molecule has 0 amide bonds. The minimum Gasteiger partial charge on any atom is -0.311 e. The normalized spacial score (nSPS) is 14.5. The van der Waals surface area contributed by atoms with Crippen LogP contribution in [0.5, 0.6) is 0 Å². The first kappa shape index (κ1) is 13.0. The highest BCUT2D eigenvalue weighted by atomic mass is 31.1. The van der Waals surface area contributed by atoms with Crippen molar-refractivity contribution in [2.24, 2.45) is 0 Å². The molecular formula is C3H5F5N3OP3. The Morgan fingerprint density at radius 2 is 2.00 bits per heavy atom. The molecule has 1 rings (SSSR count). The smallest absolute Gasteiger partial charge is 0.311 e. The zero-order valence-electron chi connectivity index (χ0n) is 6.85. The number of hydrogen-bond acceptors (Lipinski definition) is 2. The van der Waals surface area contributed by atoms with Gasteiger partial charge in [0.1, 0.15) is 6.61 Å². The standard InChI is InChI=1S/C3H5F5N3OP3/c4-2(5,3(6,7)8)1-12-11-14-9-13-10-15-11/h9,13-14H,1H2. The summed E-state index contributed by atoms with van der Waals surface area (Å²) in [6.07, 6.45) is -5.59. The summed E-state index contributed by atoms with van der Waals surface area (Å²) in [4.78, 5) is 4.29. The number of halogens is 5. The average molecular weight is 287 g/mol. The van der Waals surface area contributed by atoms with Crippen molar-refractivity contribution in [1.29, 1.82) is 0 Å². The minimum absolute atomic E-state index is 0.111. The van der Waals surface area contributed by atoms with Crippen LogP contribution in [-0.2, 0) is 0 Å². The monoisotopic (exact) mass is 287 g/mol. The molecule has 1 aromatic heterocycles. The largest absolute Gasteiger partial charge is 0.455 e. The molecule has 2 atom stereocenters. The Labute approximate surface area is 85.1 Å². The maximum absolute atomic E-state index is 12.4. The summed E-state index contributed by atoms with van der Waals surface area (Å²) in [5.74, 6) is -4.84. The number of hydrogen-bond donors (Lipinski definition) is 1. The maximum Gasteiger partial charge on any atom is 0.455 e. The lowest BCUT2D eigenvalue weighted by Gasteiger charge is -2.18. The maximum atomic E-state index is 12.4. The van der Waals surface area contributed by atoms with Gasteiger partial charge in [-0.05, 0) is 0 Å². The van der Waals surface area contributed by atoms with Crippen molar-refractivity contribution in [2.45, 2.75) is 12.1 Å². The summed E-state index contributed by atoms with van der Waals surface area (Å²) in [6, 6.07) is 0. The number of nitrogens with one attached hydrogen (secondary N) is 1. The number of nitrogens with zero attached hydrogens (tertiary/aromatic N) is 2. The van der Waals surface area contributed by atoms with Crippen molar-refractivity contribution in [2.75, 3.05) is 6.61 Å². The van der Waals surface area contributed by atoms with Gasteiger partial charge in [0.15, 0.2) is 8.51 Å². The molecule has 2 unspecified atom stereocenters. The third kappa shape index (κ3) is 3.76. The summed E-state index contributed by atoms with van der Waals surface area (Å²) in [5, 5.41) is 0. The van der Waals surface area contributed by atoms with Crippen LogP contribution in [0.2, 0.25) is 0 Å². The Kier molecular flexibility index (Phi) is 4.18. The Balaban J connectivity index is 2.58. The molecule has 88 valence electrons. The van der Waals surface area contributed by atoms with E-state index in [2.05, 4.69) is 13.9 Å². The van der Waals surface area contributed by atoms with E-state index in [1.165, 1.54) is 0 Å². The van der Waals surface area contributed by atoms with Gasteiger partial charge in [0.05, 0.1) is 0 Å². The molecule has 0 aliphatic rings. The van der Waals surface area contributed by atoms with Gasteiger partial charge in [0.2, 0.25) is 0 Å². The van der Waals surface area contributed by atoms with Gasteiger partial charge in [-0.2, -0.15) is 30.7 Å². The fourth-order valence-electron chi connectivity index (χ4n) is 0.465. The number of aromatic amines is 1. The van der Waals surface area contributed by atoms with Crippen LogP contribution in [0.25, 0.3) is 0 Å². The van der Waals surface area contributed by atoms with Gasteiger partial charge >= 0.3 is 12.1 Å². The lowest BCUT2D eigenvalue weighted by atomic mass is 10.3. The second-order valence-corrected chi connectivity index (χ2v) is 5.86. The van der Waals surface area contributed by atoms with Gasteiger partial charge in [0.25, 0.3) is 0 Å². The highest BCUT2D eigenvalue weighted by Crippen LogP contribution is 2.35. The van der Waals surface area contributed by atoms with Crippen molar-refractivity contribution in [3.63, 3.8) is 0 Å². The van der Waals surface area contributed by atoms with Crippen LogP contribution in [0.1, 0.15) is 0 Å². The predicted octanol–water partition coefficient (Wildman–Crippen LogP) is 2.60. The van der Waals surface area contributed by atoms with Crippen molar-refractivity contribution in [1.82, 2.24) is 13.3 Å². The zero-order chi connectivity index (χ0) is 11.5. The first-order valence-corrected chi connectivity index (χ1v) is 6.06. The third-order valence-electron chi connectivity index (χ3n) is 1.17. The van der Waals surface area contributed by atoms with Crippen LogP contribution in [0.4, 0.5) is 22.0 Å². The lowest BCUT2D eigenvalue weighted by Crippen LogP contribution is -2.43. The summed E-state index contributed by atoms with van der Waals surface area (Å²) in [6.45, 7) is -1.73. The average Bonchev–Trinajstić information content (AvgIpc) is 2.15. The highest BCUT2D eigenvalue weighted by Gasteiger charge is 2.58. The molecular weight excluding hydrogens is 282 g/mol. The molecule has 0 saturated heterocycles. The first-order chi connectivity index (χ1) is 6.83. The van der Waals surface area contributed by atoms with Gasteiger partial charge in [0, 0.05) is 17.0 Å². The molecule has 15 heavy (non-hydrogen) atoms. The van der Waals surface area contributed by atoms with E-state index < -0.39 is 18.7 Å². The fourth-order valence-corrected chi connectivity index (χ4v) is 3.47. The van der Waals surface area contributed by atoms with E-state index in [-0.39, 0.29) is 25.5 Å². The molecule has 0 bridgehead atoms. The molecule has 0 fully saturated rings. The van der Waals surface area contributed by atoms with Crippen LogP contribution in [-0.4, -0.2) is 32.0 Å². The van der Waals surface area contributed by atoms with Crippen LogP contribution >= 0.6 is 25.5 Å². The van der Waals surface area contributed by atoms with Crippen molar-refractivity contribution in [3.8, 4) is 0 Å². The first-order valence-electron chi connectivity index (χ1n) is 3.37. The number of aromatic nitrogens is 3. The van der Waals surface area contributed by atoms with Gasteiger partial charge in [-0.3, -0.25) is 4.84 Å². The quantitative estimate of drug-likeness (QED) is 0.868. The number of rotatable bonds is 3. The second kappa shape index (κ2) is 4.83. The SMILES string of the molecule is FC(F)(F)C(F)(F)COn1pn[pH][nH][pH]1. The van der Waals surface area contributed by atoms with Crippen molar-refractivity contribution in [3.05, 3.63) is 0 Å². The van der Waals surface area contributed by atoms with Gasteiger partial charge in [-0.1, -0.05) is 0 Å². The molecule has 0 radical (unpaired) electrons. The van der Waals surface area contributed by atoms with E-state index in [1.807, 2.05) is 0 Å². The third-order valence-corrected chi connectivity index (χ3v) is 3.99. The summed E-state index contributed by atoms with van der Waals surface area (Å²) in [7, 11) is 0.176. The van der Waals surface area contributed by atoms with Crippen molar-refractivity contribution >= 4 is 25.5 Å². The summed E-state index contributed by atoms with van der Waals surface area (Å²) in [5.41, 5.74) is 0. The molecule has 0 aliphatic heterocycles. The molecule has 0 aliphatic carbocycles. The second-order valence-electron chi connectivity index (χ2n) is 2.29. The molecule has 1 N–H and O–H groups in total. The minimum atomic E-state index is -5.59. The predicted molar refractivity (Wildman–Crippen MR) is 48.2 cm³/mol. The van der Waals surface area contributed by atoms with Crippen LogP contribution in [0.3, 0.4) is 0 Å². The highest BCUT2D eigenvalue weighted by molar-refractivity contribution is 7.44. The van der Waals surface area contributed by atoms with E-state index in [0.29, 0.717) is 0 Å². The summed E-state index contributed by atoms with van der Waals surface area (Å²) < 4.78 is 67.1. The molecule has 1 aromatic rings. The topological polar surface area (TPSA) is 42.8 Å². The van der Waals surface area contributed by atoms with Crippen LogP contribution < -0.4 is 4.84 Å². The molecule has 0 spiro atoms. The molecule has 12 heteroatoms. The van der Waals surface area contributed by atoms with Crippen LogP contribution in [0.15, 0.2) is 0 Å². The van der Waals surface area contributed by atoms with E-state index in [0.717, 1.165) is 4.26 Å². The van der Waals surface area contributed by atoms with Crippen molar-refractivity contribution < 1.29 is 26.8 Å². The molecule has 0 saturated carbocycles. The van der Waals surface area contributed by atoms with E-state index in [4.69, 9.17) is 0 Å². The van der Waals surface area contributed by atoms with Gasteiger partial charge in [-0.15, -0.1) is 0 Å². The number of H-pyrrole nitrogens is 1. The zero-order valence-corrected chi connectivity index (χ0v) is 9.74. The van der Waals surface area contributed by atoms with Crippen LogP contribution in [0, 0.1) is 0 Å². The van der Waals surface area contributed by atoms with Gasteiger partial charge < -0.3 is 4.51 Å². The molecule has 1 heterocycles. The molecule has 4 nitrogen and oxygen atoms in total. The number of alkyl halides is 5. The fraction of sp³-hybridized carbons (Fsp3) is 1.00. The van der Waals surface area contributed by atoms with E-state index in [9.17, 15) is 22.0 Å². The Bertz CT molecular complexity index is 320. The Morgan fingerprint density at radius 1 is 1.33 bits per heavy atom. The molecule has 0 aromatic carbocycles. The Morgan fingerprint density at radius 3 is 2.47 bits per heavy atom.